The van der Waals surface area contributed by atoms with Crippen LogP contribution in [0.5, 0.6) is 0 Å². The Hall–Kier alpha value is -1.69. The van der Waals surface area contributed by atoms with Crippen LogP contribution in [0.25, 0.3) is 6.08 Å². The van der Waals surface area contributed by atoms with Gasteiger partial charge < -0.3 is 9.90 Å². The van der Waals surface area contributed by atoms with E-state index in [4.69, 9.17) is 5.14 Å². The van der Waals surface area contributed by atoms with Gasteiger partial charge in [0.05, 0.1) is 21.4 Å². The van der Waals surface area contributed by atoms with Gasteiger partial charge in [0.15, 0.2) is 0 Å². The number of hydrogen-bond donors (Lipinski definition) is 2. The quantitative estimate of drug-likeness (QED) is 0.491. The van der Waals surface area contributed by atoms with E-state index in [-0.39, 0.29) is 45.0 Å². The second-order valence-corrected chi connectivity index (χ2v) is 8.14. The fraction of sp³-hybridized carbons (Fsp3) is 0. The van der Waals surface area contributed by atoms with Crippen molar-refractivity contribution in [3.05, 3.63) is 60.2 Å². The molecule has 0 atom stereocenters. The van der Waals surface area contributed by atoms with Crippen molar-refractivity contribution < 1.29 is 26.7 Å². The monoisotopic (exact) mass is 404 g/mol. The number of carbonyl (C=O) groups excluding carboxylic acids is 1. The minimum absolute atomic E-state index is 0. The zero-order valence-corrected chi connectivity index (χ0v) is 17.2. The van der Waals surface area contributed by atoms with Crippen molar-refractivity contribution in [2.45, 2.75) is 9.79 Å². The van der Waals surface area contributed by atoms with Crippen LogP contribution in [-0.2, 0) is 24.8 Å². The van der Waals surface area contributed by atoms with Crippen molar-refractivity contribution >= 4 is 67.3 Å². The number of carboxylic acids is 1. The van der Waals surface area contributed by atoms with Crippen LogP contribution >= 0.6 is 0 Å². The molecule has 0 spiro atoms. The summed E-state index contributed by atoms with van der Waals surface area (Å²) in [6.07, 6.45) is 2.08. The minimum Gasteiger partial charge on any atom is -0.545 e. The number of nitrogens with two attached hydrogens (primary N) is 1. The van der Waals surface area contributed by atoms with E-state index in [9.17, 15) is 26.7 Å². The standard InChI is InChI=1S/C15H14N2O6S2.Na/c16-24(20,21)14-3-1-2-12(10-14)17-25(22,23)13-7-4-11(5-8-13)6-9-15(18)19;/h1-10,17H,(H,18,19)(H2,16,20,21);/p-1/b9-6+;. The smallest absolute Gasteiger partial charge is 0.261 e. The van der Waals surface area contributed by atoms with E-state index in [0.29, 0.717) is 5.56 Å². The summed E-state index contributed by atoms with van der Waals surface area (Å²) in [5.74, 6) is -1.37. The molecule has 11 heteroatoms. The minimum atomic E-state index is -3.96. The Balaban J connectivity index is 0.00000338. The van der Waals surface area contributed by atoms with Gasteiger partial charge in [0.1, 0.15) is 0 Å². The maximum absolute atomic E-state index is 12.3. The second kappa shape index (κ2) is 8.80. The van der Waals surface area contributed by atoms with Gasteiger partial charge in [-0.3, -0.25) is 4.72 Å². The van der Waals surface area contributed by atoms with Crippen LogP contribution in [0.1, 0.15) is 5.56 Å². The van der Waals surface area contributed by atoms with Crippen LogP contribution in [0.3, 0.4) is 0 Å². The number of benzene rings is 2. The number of sulfonamides is 2. The Morgan fingerprint density at radius 2 is 1.62 bits per heavy atom. The molecule has 2 rings (SSSR count). The Kier molecular flexibility index (Phi) is 7.57. The molecule has 2 aromatic carbocycles. The molecule has 0 aliphatic heterocycles. The normalized spacial score (nSPS) is 11.7. The Bertz CT molecular complexity index is 1030. The van der Waals surface area contributed by atoms with Gasteiger partial charge in [-0.25, -0.2) is 22.0 Å². The third-order valence-corrected chi connectivity index (χ3v) is 5.33. The molecule has 3 N–H and O–H groups in total. The van der Waals surface area contributed by atoms with Crippen molar-refractivity contribution in [1.29, 1.82) is 0 Å². The summed E-state index contributed by atoms with van der Waals surface area (Å²) >= 11 is 0. The second-order valence-electron chi connectivity index (χ2n) is 4.90. The third-order valence-electron chi connectivity index (χ3n) is 3.02. The van der Waals surface area contributed by atoms with Gasteiger partial charge in [0.2, 0.25) is 10.0 Å². The van der Waals surface area contributed by atoms with Crippen LogP contribution in [0.4, 0.5) is 5.69 Å². The molecule has 1 radical (unpaired) electrons. The van der Waals surface area contributed by atoms with E-state index >= 15 is 0 Å². The SMILES string of the molecule is NS(=O)(=O)c1cccc(NS(=O)(=O)c2ccc(/C=C/C(=O)[O-])cc2)c1.[Na]. The van der Waals surface area contributed by atoms with Crippen molar-refractivity contribution in [1.82, 2.24) is 0 Å². The number of anilines is 1. The van der Waals surface area contributed by atoms with Crippen molar-refractivity contribution in [3.63, 3.8) is 0 Å². The summed E-state index contributed by atoms with van der Waals surface area (Å²) in [5.41, 5.74) is 0.506. The van der Waals surface area contributed by atoms with E-state index in [1.165, 1.54) is 48.5 Å². The predicted molar refractivity (Wildman–Crippen MR) is 94.9 cm³/mol. The maximum Gasteiger partial charge on any atom is 0.261 e. The van der Waals surface area contributed by atoms with Gasteiger partial charge in [-0.05, 0) is 42.0 Å². The summed E-state index contributed by atoms with van der Waals surface area (Å²) < 4.78 is 49.5. The molecule has 0 saturated heterocycles. The van der Waals surface area contributed by atoms with Gasteiger partial charge >= 0.3 is 0 Å². The number of carbonyl (C=O) groups is 1. The first kappa shape index (κ1) is 22.4. The summed E-state index contributed by atoms with van der Waals surface area (Å²) in [4.78, 5) is 10.0. The summed E-state index contributed by atoms with van der Waals surface area (Å²) in [6.45, 7) is 0. The molecule has 0 heterocycles. The van der Waals surface area contributed by atoms with Gasteiger partial charge in [-0.1, -0.05) is 24.3 Å². The van der Waals surface area contributed by atoms with Crippen molar-refractivity contribution in [2.75, 3.05) is 4.72 Å². The maximum atomic E-state index is 12.3. The number of aliphatic carboxylic acids is 1. The Morgan fingerprint density at radius 3 is 2.15 bits per heavy atom. The molecule has 26 heavy (non-hydrogen) atoms. The fourth-order valence-corrected chi connectivity index (χ4v) is 3.48. The molecule has 133 valence electrons. The molecule has 0 bridgehead atoms. The molecular formula is C15H13N2NaO6S2-. The topological polar surface area (TPSA) is 146 Å². The molecule has 0 fully saturated rings. The van der Waals surface area contributed by atoms with Gasteiger partial charge in [0.25, 0.3) is 10.0 Å². The fourth-order valence-electron chi connectivity index (χ4n) is 1.87. The van der Waals surface area contributed by atoms with E-state index in [0.717, 1.165) is 12.1 Å². The van der Waals surface area contributed by atoms with Crippen LogP contribution in [0.2, 0.25) is 0 Å². The molecule has 0 saturated carbocycles. The van der Waals surface area contributed by atoms with Gasteiger partial charge in [-0.2, -0.15) is 0 Å². The number of primary sulfonamides is 1. The molecule has 0 aliphatic carbocycles. The average Bonchev–Trinajstić information content (AvgIpc) is 2.52. The zero-order valence-electron chi connectivity index (χ0n) is 13.6. The van der Waals surface area contributed by atoms with E-state index < -0.39 is 26.0 Å². The van der Waals surface area contributed by atoms with Crippen molar-refractivity contribution in [3.8, 4) is 0 Å². The van der Waals surface area contributed by atoms with Gasteiger partial charge in [0, 0.05) is 29.6 Å². The Labute approximate surface area is 173 Å². The summed E-state index contributed by atoms with van der Waals surface area (Å²) in [6, 6.07) is 10.5. The summed E-state index contributed by atoms with van der Waals surface area (Å²) in [7, 11) is -7.92. The first-order chi connectivity index (χ1) is 11.6. The van der Waals surface area contributed by atoms with E-state index in [1.807, 2.05) is 0 Å². The van der Waals surface area contributed by atoms with Gasteiger partial charge in [-0.15, -0.1) is 0 Å². The number of nitrogens with one attached hydrogen (secondary N) is 1. The van der Waals surface area contributed by atoms with E-state index in [2.05, 4.69) is 4.72 Å². The first-order valence-electron chi connectivity index (χ1n) is 6.73. The largest absolute Gasteiger partial charge is 0.545 e. The van der Waals surface area contributed by atoms with Crippen LogP contribution < -0.4 is 15.0 Å². The number of rotatable bonds is 6. The molecule has 0 amide bonds. The first-order valence-corrected chi connectivity index (χ1v) is 9.76. The van der Waals surface area contributed by atoms with Crippen molar-refractivity contribution in [2.24, 2.45) is 5.14 Å². The molecule has 0 aliphatic rings. The van der Waals surface area contributed by atoms with Crippen LogP contribution in [-0.4, -0.2) is 52.4 Å². The third kappa shape index (κ3) is 6.24. The molecular weight excluding hydrogens is 391 g/mol. The zero-order chi connectivity index (χ0) is 18.7. The Morgan fingerprint density at radius 1 is 1.00 bits per heavy atom. The number of carboxylic acid groups (broad SMARTS) is 1. The molecule has 8 nitrogen and oxygen atoms in total. The van der Waals surface area contributed by atoms with Crippen LogP contribution in [0, 0.1) is 0 Å². The molecule has 0 unspecified atom stereocenters. The number of hydrogen-bond acceptors (Lipinski definition) is 6. The van der Waals surface area contributed by atoms with Crippen LogP contribution in [0.15, 0.2) is 64.4 Å². The summed E-state index contributed by atoms with van der Waals surface area (Å²) in [5, 5.41) is 15.4. The molecule has 2 aromatic rings. The van der Waals surface area contributed by atoms with E-state index in [1.54, 1.807) is 0 Å². The predicted octanol–water partition coefficient (Wildman–Crippen LogP) is -0.483. The average molecular weight is 404 g/mol. The molecule has 0 aromatic heterocycles.